The van der Waals surface area contributed by atoms with E-state index in [-0.39, 0.29) is 6.03 Å². The Hall–Kier alpha value is -1.59. The molecule has 5 nitrogen and oxygen atoms in total. The van der Waals surface area contributed by atoms with Gasteiger partial charge in [0.25, 0.3) is 0 Å². The largest absolute Gasteiger partial charge is 0.379 e. The number of hydrogen-bond acceptors (Lipinski definition) is 3. The fourth-order valence-corrected chi connectivity index (χ4v) is 2.33. The molecule has 116 valence electrons. The smallest absolute Gasteiger partial charge is 0.319 e. The summed E-state index contributed by atoms with van der Waals surface area (Å²) in [6, 6.07) is 7.85. The van der Waals surface area contributed by atoms with Gasteiger partial charge in [0.05, 0.1) is 13.2 Å². The number of ether oxygens (including phenoxy) is 1. The van der Waals surface area contributed by atoms with Crippen LogP contribution in [0.1, 0.15) is 25.3 Å². The van der Waals surface area contributed by atoms with Gasteiger partial charge in [-0.05, 0) is 18.1 Å². The van der Waals surface area contributed by atoms with E-state index in [9.17, 15) is 4.79 Å². The molecule has 1 aliphatic rings. The van der Waals surface area contributed by atoms with Crippen molar-refractivity contribution in [1.29, 1.82) is 0 Å². The Balaban J connectivity index is 1.91. The Kier molecular flexibility index (Phi) is 6.50. The topological polar surface area (TPSA) is 53.6 Å². The predicted octanol–water partition coefficient (Wildman–Crippen LogP) is 2.44. The molecule has 0 saturated carbocycles. The molecule has 1 aliphatic heterocycles. The number of nitrogens with zero attached hydrogens (tertiary/aromatic N) is 1. The van der Waals surface area contributed by atoms with Crippen LogP contribution in [0.3, 0.4) is 0 Å². The molecule has 0 radical (unpaired) electrons. The van der Waals surface area contributed by atoms with E-state index in [2.05, 4.69) is 28.5 Å². The summed E-state index contributed by atoms with van der Waals surface area (Å²) >= 11 is 0. The van der Waals surface area contributed by atoms with Gasteiger partial charge in [0.2, 0.25) is 0 Å². The zero-order chi connectivity index (χ0) is 14.9. The van der Waals surface area contributed by atoms with E-state index in [1.54, 1.807) is 0 Å². The maximum absolute atomic E-state index is 11.9. The molecule has 1 heterocycles. The second-order valence-electron chi connectivity index (χ2n) is 5.28. The number of rotatable bonds is 6. The van der Waals surface area contributed by atoms with Crippen molar-refractivity contribution in [2.75, 3.05) is 38.2 Å². The van der Waals surface area contributed by atoms with E-state index in [1.165, 1.54) is 0 Å². The van der Waals surface area contributed by atoms with Crippen molar-refractivity contribution in [3.05, 3.63) is 29.8 Å². The summed E-state index contributed by atoms with van der Waals surface area (Å²) in [5, 5.41) is 5.83. The van der Waals surface area contributed by atoms with Crippen molar-refractivity contribution in [2.45, 2.75) is 26.3 Å². The molecule has 5 heteroatoms. The molecule has 21 heavy (non-hydrogen) atoms. The molecule has 1 saturated heterocycles. The highest BCUT2D eigenvalue weighted by Crippen LogP contribution is 2.17. The SMILES string of the molecule is CCCCNC(=O)Nc1ccccc1CN1CCOCC1. The van der Waals surface area contributed by atoms with E-state index >= 15 is 0 Å². The zero-order valence-corrected chi connectivity index (χ0v) is 12.7. The minimum Gasteiger partial charge on any atom is -0.379 e. The molecular weight excluding hydrogens is 266 g/mol. The van der Waals surface area contributed by atoms with Gasteiger partial charge in [-0.1, -0.05) is 31.5 Å². The van der Waals surface area contributed by atoms with Crippen LogP contribution in [0.15, 0.2) is 24.3 Å². The maximum Gasteiger partial charge on any atom is 0.319 e. The van der Waals surface area contributed by atoms with Crippen LogP contribution in [0.5, 0.6) is 0 Å². The molecule has 1 fully saturated rings. The first-order valence-electron chi connectivity index (χ1n) is 7.72. The molecule has 0 unspecified atom stereocenters. The van der Waals surface area contributed by atoms with Crippen LogP contribution in [0.4, 0.5) is 10.5 Å². The van der Waals surface area contributed by atoms with Gasteiger partial charge in [-0.15, -0.1) is 0 Å². The van der Waals surface area contributed by atoms with Gasteiger partial charge >= 0.3 is 6.03 Å². The molecule has 0 spiro atoms. The molecular formula is C16H25N3O2. The molecule has 2 N–H and O–H groups in total. The first-order valence-corrected chi connectivity index (χ1v) is 7.72. The average Bonchev–Trinajstić information content (AvgIpc) is 2.51. The van der Waals surface area contributed by atoms with Gasteiger partial charge in [-0.2, -0.15) is 0 Å². The number of morpholine rings is 1. The number of anilines is 1. The van der Waals surface area contributed by atoms with Gasteiger partial charge in [0.1, 0.15) is 0 Å². The minimum absolute atomic E-state index is 0.127. The number of carbonyl (C=O) groups is 1. The lowest BCUT2D eigenvalue weighted by molar-refractivity contribution is 0.0343. The summed E-state index contributed by atoms with van der Waals surface area (Å²) < 4.78 is 5.37. The van der Waals surface area contributed by atoms with Gasteiger partial charge in [0, 0.05) is 31.9 Å². The molecule has 1 aromatic carbocycles. The van der Waals surface area contributed by atoms with Crippen molar-refractivity contribution >= 4 is 11.7 Å². The molecule has 2 amide bonds. The number of para-hydroxylation sites is 1. The Bertz CT molecular complexity index is 445. The van der Waals surface area contributed by atoms with Gasteiger partial charge < -0.3 is 15.4 Å². The lowest BCUT2D eigenvalue weighted by Crippen LogP contribution is -2.36. The van der Waals surface area contributed by atoms with E-state index in [4.69, 9.17) is 4.74 Å². The second kappa shape index (κ2) is 8.64. The summed E-state index contributed by atoms with van der Waals surface area (Å²) in [5.41, 5.74) is 2.03. The minimum atomic E-state index is -0.127. The van der Waals surface area contributed by atoms with Crippen LogP contribution < -0.4 is 10.6 Å². The van der Waals surface area contributed by atoms with Crippen molar-refractivity contribution in [1.82, 2.24) is 10.2 Å². The molecule has 0 aromatic heterocycles. The number of urea groups is 1. The normalized spacial score (nSPS) is 15.7. The van der Waals surface area contributed by atoms with E-state index in [1.807, 2.05) is 18.2 Å². The summed E-state index contributed by atoms with van der Waals surface area (Å²) in [6.07, 6.45) is 2.08. The van der Waals surface area contributed by atoms with Crippen molar-refractivity contribution in [2.24, 2.45) is 0 Å². The van der Waals surface area contributed by atoms with Crippen LogP contribution in [-0.4, -0.2) is 43.8 Å². The Morgan fingerprint density at radius 2 is 2.05 bits per heavy atom. The molecule has 1 aromatic rings. The standard InChI is InChI=1S/C16H25N3O2/c1-2-3-8-17-16(20)18-15-7-5-4-6-14(15)13-19-9-11-21-12-10-19/h4-7H,2-3,8-13H2,1H3,(H2,17,18,20). The van der Waals surface area contributed by atoms with E-state index in [0.29, 0.717) is 6.54 Å². The van der Waals surface area contributed by atoms with Crippen LogP contribution in [0, 0.1) is 0 Å². The number of nitrogens with one attached hydrogen (secondary N) is 2. The van der Waals surface area contributed by atoms with Crippen LogP contribution in [-0.2, 0) is 11.3 Å². The van der Waals surface area contributed by atoms with Crippen molar-refractivity contribution < 1.29 is 9.53 Å². The fourth-order valence-electron chi connectivity index (χ4n) is 2.33. The average molecular weight is 291 g/mol. The Morgan fingerprint density at radius 1 is 1.29 bits per heavy atom. The lowest BCUT2D eigenvalue weighted by atomic mass is 10.1. The van der Waals surface area contributed by atoms with Gasteiger partial charge in [-0.3, -0.25) is 4.90 Å². The highest BCUT2D eigenvalue weighted by atomic mass is 16.5. The summed E-state index contributed by atoms with van der Waals surface area (Å²) in [4.78, 5) is 14.2. The number of amides is 2. The molecule has 0 atom stereocenters. The quantitative estimate of drug-likeness (QED) is 0.792. The molecule has 2 rings (SSSR count). The van der Waals surface area contributed by atoms with Crippen LogP contribution in [0.25, 0.3) is 0 Å². The maximum atomic E-state index is 11.9. The molecule has 0 bridgehead atoms. The number of carbonyl (C=O) groups excluding carboxylic acids is 1. The third kappa shape index (κ3) is 5.36. The first kappa shape index (κ1) is 15.8. The first-order chi connectivity index (χ1) is 10.3. The van der Waals surface area contributed by atoms with Gasteiger partial charge in [-0.25, -0.2) is 4.79 Å². The Morgan fingerprint density at radius 3 is 2.81 bits per heavy atom. The summed E-state index contributed by atoms with van der Waals surface area (Å²) in [6.45, 7) is 7.12. The molecule has 0 aliphatic carbocycles. The third-order valence-electron chi connectivity index (χ3n) is 3.58. The van der Waals surface area contributed by atoms with Crippen molar-refractivity contribution in [3.63, 3.8) is 0 Å². The lowest BCUT2D eigenvalue weighted by Gasteiger charge is -2.27. The van der Waals surface area contributed by atoms with Crippen LogP contribution in [0.2, 0.25) is 0 Å². The van der Waals surface area contributed by atoms with E-state index < -0.39 is 0 Å². The van der Waals surface area contributed by atoms with Crippen molar-refractivity contribution in [3.8, 4) is 0 Å². The predicted molar refractivity (Wildman–Crippen MR) is 84.5 cm³/mol. The highest BCUT2D eigenvalue weighted by molar-refractivity contribution is 5.90. The highest BCUT2D eigenvalue weighted by Gasteiger charge is 2.13. The third-order valence-corrected chi connectivity index (χ3v) is 3.58. The summed E-state index contributed by atoms with van der Waals surface area (Å²) in [5.74, 6) is 0. The van der Waals surface area contributed by atoms with E-state index in [0.717, 1.165) is 56.9 Å². The zero-order valence-electron chi connectivity index (χ0n) is 12.7. The monoisotopic (exact) mass is 291 g/mol. The number of benzene rings is 1. The fraction of sp³-hybridized carbons (Fsp3) is 0.562. The number of hydrogen-bond donors (Lipinski definition) is 2. The van der Waals surface area contributed by atoms with Gasteiger partial charge in [0.15, 0.2) is 0 Å². The Labute approximate surface area is 126 Å². The van der Waals surface area contributed by atoms with Crippen LogP contribution >= 0.6 is 0 Å². The number of unbranched alkanes of at least 4 members (excludes halogenated alkanes) is 1. The summed E-state index contributed by atoms with van der Waals surface area (Å²) in [7, 11) is 0. The second-order valence-corrected chi connectivity index (χ2v) is 5.28.